The summed E-state index contributed by atoms with van der Waals surface area (Å²) in [4.78, 5) is 7.46. The van der Waals surface area contributed by atoms with Crippen LogP contribution in [0.3, 0.4) is 0 Å². The zero-order valence-corrected chi connectivity index (χ0v) is 7.07. The van der Waals surface area contributed by atoms with Crippen molar-refractivity contribution in [3.05, 3.63) is 41.5 Å². The minimum absolute atomic E-state index is 0.322. The highest BCUT2D eigenvalue weighted by Crippen LogP contribution is 2.46. The van der Waals surface area contributed by atoms with Gasteiger partial charge in [0.15, 0.2) is 0 Å². The lowest BCUT2D eigenvalue weighted by atomic mass is 9.72. The summed E-state index contributed by atoms with van der Waals surface area (Å²) >= 11 is 0. The van der Waals surface area contributed by atoms with E-state index in [9.17, 15) is 4.39 Å². The first kappa shape index (κ1) is 8.18. The lowest BCUT2D eigenvalue weighted by Crippen LogP contribution is -2.39. The first-order valence-electron chi connectivity index (χ1n) is 4.20. The second kappa shape index (κ2) is 2.81. The van der Waals surface area contributed by atoms with Crippen LogP contribution in [0.2, 0.25) is 0 Å². The van der Waals surface area contributed by atoms with Crippen LogP contribution in [0, 0.1) is 6.57 Å². The van der Waals surface area contributed by atoms with Crippen molar-refractivity contribution in [3.63, 3.8) is 0 Å². The van der Waals surface area contributed by atoms with E-state index >= 15 is 0 Å². The summed E-state index contributed by atoms with van der Waals surface area (Å²) in [5, 5.41) is 0. The fourth-order valence-electron chi connectivity index (χ4n) is 1.70. The normalized spacial score (nSPS) is 31.8. The Labute approximate surface area is 76.2 Å². The van der Waals surface area contributed by atoms with Gasteiger partial charge >= 0.3 is 0 Å². The molecule has 0 atom stereocenters. The molecule has 0 N–H and O–H groups in total. The Morgan fingerprint density at radius 2 is 2.38 bits per heavy atom. The van der Waals surface area contributed by atoms with Crippen LogP contribution in [0.15, 0.2) is 24.5 Å². The second-order valence-corrected chi connectivity index (χ2v) is 3.39. The Hall–Kier alpha value is -1.43. The van der Waals surface area contributed by atoms with E-state index in [1.807, 2.05) is 6.07 Å². The summed E-state index contributed by atoms with van der Waals surface area (Å²) in [5.41, 5.74) is 0.229. The standard InChI is InChI=1S/C10H9FN2/c1-12-10(5-9(11)6-10)8-3-2-4-13-7-8/h2-4,7,9H,5-6H2. The predicted molar refractivity (Wildman–Crippen MR) is 46.6 cm³/mol. The zero-order valence-electron chi connectivity index (χ0n) is 7.07. The van der Waals surface area contributed by atoms with Crippen LogP contribution in [0.4, 0.5) is 4.39 Å². The SMILES string of the molecule is [C-]#[N+]C1(c2cccnc2)CC(F)C1. The average Bonchev–Trinajstić information content (AvgIpc) is 2.14. The lowest BCUT2D eigenvalue weighted by molar-refractivity contribution is 0.127. The molecule has 2 rings (SSSR count). The van der Waals surface area contributed by atoms with Crippen molar-refractivity contribution >= 4 is 0 Å². The number of hydrogen-bond donors (Lipinski definition) is 0. The van der Waals surface area contributed by atoms with Gasteiger partial charge in [-0.2, -0.15) is 0 Å². The second-order valence-electron chi connectivity index (χ2n) is 3.39. The fraction of sp³-hybridized carbons (Fsp3) is 0.400. The molecule has 1 heterocycles. The highest BCUT2D eigenvalue weighted by molar-refractivity contribution is 5.29. The van der Waals surface area contributed by atoms with Crippen molar-refractivity contribution in [2.75, 3.05) is 0 Å². The van der Waals surface area contributed by atoms with E-state index in [1.54, 1.807) is 18.5 Å². The molecule has 1 saturated carbocycles. The van der Waals surface area contributed by atoms with Gasteiger partial charge in [-0.3, -0.25) is 4.98 Å². The molecule has 0 aromatic carbocycles. The zero-order chi connectivity index (χ0) is 9.31. The van der Waals surface area contributed by atoms with E-state index in [0.29, 0.717) is 12.8 Å². The van der Waals surface area contributed by atoms with Crippen LogP contribution in [0.1, 0.15) is 18.4 Å². The van der Waals surface area contributed by atoms with Gasteiger partial charge in [0, 0.05) is 12.4 Å². The molecule has 1 aromatic rings. The minimum atomic E-state index is -0.811. The molecular weight excluding hydrogens is 167 g/mol. The van der Waals surface area contributed by atoms with Crippen LogP contribution >= 0.6 is 0 Å². The van der Waals surface area contributed by atoms with E-state index in [1.165, 1.54) is 0 Å². The third-order valence-electron chi connectivity index (χ3n) is 2.53. The van der Waals surface area contributed by atoms with E-state index < -0.39 is 11.7 Å². The highest BCUT2D eigenvalue weighted by atomic mass is 19.1. The largest absolute Gasteiger partial charge is 0.305 e. The van der Waals surface area contributed by atoms with Crippen molar-refractivity contribution in [1.82, 2.24) is 4.98 Å². The van der Waals surface area contributed by atoms with Gasteiger partial charge in [0.1, 0.15) is 6.17 Å². The molecule has 0 aliphatic heterocycles. The van der Waals surface area contributed by atoms with Crippen molar-refractivity contribution in [3.8, 4) is 0 Å². The molecule has 0 unspecified atom stereocenters. The molecule has 1 aliphatic rings. The summed E-state index contributed by atoms with van der Waals surface area (Å²) in [5.74, 6) is 0. The summed E-state index contributed by atoms with van der Waals surface area (Å²) in [7, 11) is 0. The van der Waals surface area contributed by atoms with Crippen LogP contribution in [-0.4, -0.2) is 11.2 Å². The predicted octanol–water partition coefficient (Wildman–Crippen LogP) is 2.33. The Bertz CT molecular complexity index is 336. The first-order chi connectivity index (χ1) is 6.27. The van der Waals surface area contributed by atoms with Crippen LogP contribution in [0.5, 0.6) is 0 Å². The number of rotatable bonds is 1. The van der Waals surface area contributed by atoms with Gasteiger partial charge in [-0.1, -0.05) is 0 Å². The van der Waals surface area contributed by atoms with Crippen molar-refractivity contribution < 1.29 is 4.39 Å². The number of halogens is 1. The van der Waals surface area contributed by atoms with Crippen LogP contribution in [-0.2, 0) is 5.54 Å². The molecule has 0 radical (unpaired) electrons. The monoisotopic (exact) mass is 176 g/mol. The number of hydrogen-bond acceptors (Lipinski definition) is 1. The van der Waals surface area contributed by atoms with Crippen LogP contribution < -0.4 is 0 Å². The minimum Gasteiger partial charge on any atom is -0.305 e. The molecule has 13 heavy (non-hydrogen) atoms. The third-order valence-corrected chi connectivity index (χ3v) is 2.53. The summed E-state index contributed by atoms with van der Waals surface area (Å²) in [6.45, 7) is 7.07. The summed E-state index contributed by atoms with van der Waals surface area (Å²) < 4.78 is 12.7. The molecule has 66 valence electrons. The first-order valence-corrected chi connectivity index (χ1v) is 4.20. The van der Waals surface area contributed by atoms with Crippen LogP contribution in [0.25, 0.3) is 4.85 Å². The summed E-state index contributed by atoms with van der Waals surface area (Å²) in [6.07, 6.45) is 3.15. The molecule has 0 amide bonds. The lowest BCUT2D eigenvalue weighted by Gasteiger charge is -2.33. The Balaban J connectivity index is 2.31. The Morgan fingerprint density at radius 1 is 1.62 bits per heavy atom. The maximum absolute atomic E-state index is 12.7. The van der Waals surface area contributed by atoms with Crippen molar-refractivity contribution in [2.24, 2.45) is 0 Å². The number of aromatic nitrogens is 1. The molecule has 1 aromatic heterocycles. The van der Waals surface area contributed by atoms with E-state index in [-0.39, 0.29) is 0 Å². The van der Waals surface area contributed by atoms with Crippen molar-refractivity contribution in [2.45, 2.75) is 24.6 Å². The quantitative estimate of drug-likeness (QED) is 0.600. The fourth-order valence-corrected chi connectivity index (χ4v) is 1.70. The van der Waals surface area contributed by atoms with Gasteiger partial charge < -0.3 is 4.85 Å². The molecule has 0 bridgehead atoms. The van der Waals surface area contributed by atoms with E-state index in [4.69, 9.17) is 6.57 Å². The van der Waals surface area contributed by atoms with Gasteiger partial charge in [0.05, 0.1) is 18.4 Å². The van der Waals surface area contributed by atoms with Gasteiger partial charge in [-0.25, -0.2) is 11.0 Å². The molecule has 0 saturated heterocycles. The molecule has 2 nitrogen and oxygen atoms in total. The molecule has 1 fully saturated rings. The topological polar surface area (TPSA) is 17.2 Å². The van der Waals surface area contributed by atoms with Gasteiger partial charge in [-0.05, 0) is 12.1 Å². The maximum atomic E-state index is 12.7. The molecular formula is C10H9FN2. The molecule has 3 heteroatoms. The number of alkyl halides is 1. The van der Waals surface area contributed by atoms with Gasteiger partial charge in [0.25, 0.3) is 5.54 Å². The molecule has 1 aliphatic carbocycles. The van der Waals surface area contributed by atoms with Gasteiger partial charge in [0.2, 0.25) is 0 Å². The van der Waals surface area contributed by atoms with E-state index in [0.717, 1.165) is 5.56 Å². The number of pyridine rings is 1. The van der Waals surface area contributed by atoms with Gasteiger partial charge in [-0.15, -0.1) is 0 Å². The Kier molecular flexibility index (Phi) is 1.77. The average molecular weight is 176 g/mol. The highest BCUT2D eigenvalue weighted by Gasteiger charge is 2.53. The third kappa shape index (κ3) is 1.19. The maximum Gasteiger partial charge on any atom is 0.264 e. The Morgan fingerprint density at radius 3 is 2.85 bits per heavy atom. The molecule has 0 spiro atoms. The number of nitrogens with zero attached hydrogens (tertiary/aromatic N) is 2. The smallest absolute Gasteiger partial charge is 0.264 e. The van der Waals surface area contributed by atoms with E-state index in [2.05, 4.69) is 9.83 Å². The summed E-state index contributed by atoms with van der Waals surface area (Å²) in [6, 6.07) is 3.63. The van der Waals surface area contributed by atoms with Crippen molar-refractivity contribution in [1.29, 1.82) is 0 Å².